The van der Waals surface area contributed by atoms with E-state index < -0.39 is 7.92 Å². The Hall–Kier alpha value is -2.31. The molecule has 0 unspecified atom stereocenters. The van der Waals surface area contributed by atoms with Crippen molar-refractivity contribution in [3.8, 4) is 0 Å². The van der Waals surface area contributed by atoms with Crippen LogP contribution in [0.5, 0.6) is 0 Å². The van der Waals surface area contributed by atoms with Crippen LogP contribution in [0.4, 0.5) is 11.4 Å². The highest BCUT2D eigenvalue weighted by Crippen LogP contribution is 2.36. The minimum Gasteiger partial charge on any atom is -0.398 e. The predicted octanol–water partition coefficient (Wildman–Crippen LogP) is 2.61. The smallest absolute Gasteiger partial charge is 0.0398 e. The minimum absolute atomic E-state index is 0.738. The molecular weight excluding hydrogens is 275 g/mol. The molecule has 0 aliphatic rings. The van der Waals surface area contributed by atoms with Gasteiger partial charge < -0.3 is 11.5 Å². The third-order valence-corrected chi connectivity index (χ3v) is 5.96. The molecule has 3 heteroatoms. The van der Waals surface area contributed by atoms with Crippen molar-refractivity contribution in [2.75, 3.05) is 11.5 Å². The zero-order chi connectivity index (χ0) is 14.7. The highest BCUT2D eigenvalue weighted by atomic mass is 31.1. The fourth-order valence-corrected chi connectivity index (χ4v) is 4.79. The molecule has 0 atom stereocenters. The minimum atomic E-state index is -0.738. The van der Waals surface area contributed by atoms with Crippen LogP contribution in [0.25, 0.3) is 0 Å². The predicted molar refractivity (Wildman–Crippen MR) is 94.0 cm³/mol. The van der Waals surface area contributed by atoms with E-state index in [2.05, 4.69) is 36.4 Å². The summed E-state index contributed by atoms with van der Waals surface area (Å²) in [6.45, 7) is 0. The Morgan fingerprint density at radius 1 is 0.524 bits per heavy atom. The molecule has 3 aromatic carbocycles. The number of anilines is 2. The largest absolute Gasteiger partial charge is 0.398 e. The highest BCUT2D eigenvalue weighted by Gasteiger charge is 2.20. The summed E-state index contributed by atoms with van der Waals surface area (Å²) in [4.78, 5) is 0. The zero-order valence-electron chi connectivity index (χ0n) is 11.6. The van der Waals surface area contributed by atoms with Gasteiger partial charge in [0, 0.05) is 22.0 Å². The van der Waals surface area contributed by atoms with Crippen molar-refractivity contribution in [1.29, 1.82) is 0 Å². The van der Waals surface area contributed by atoms with Crippen LogP contribution in [0.2, 0.25) is 0 Å². The van der Waals surface area contributed by atoms with Gasteiger partial charge in [-0.25, -0.2) is 0 Å². The summed E-state index contributed by atoms with van der Waals surface area (Å²) in [6.07, 6.45) is 0. The zero-order valence-corrected chi connectivity index (χ0v) is 12.5. The summed E-state index contributed by atoms with van der Waals surface area (Å²) in [7, 11) is -0.738. The van der Waals surface area contributed by atoms with E-state index in [0.717, 1.165) is 22.0 Å². The van der Waals surface area contributed by atoms with Crippen LogP contribution in [-0.2, 0) is 0 Å². The van der Waals surface area contributed by atoms with Crippen LogP contribution in [0, 0.1) is 0 Å². The molecule has 21 heavy (non-hydrogen) atoms. The first-order valence-corrected chi connectivity index (χ1v) is 8.16. The molecule has 0 saturated carbocycles. The first kappa shape index (κ1) is 13.7. The Kier molecular flexibility index (Phi) is 3.89. The molecule has 0 aromatic heterocycles. The SMILES string of the molecule is Nc1ccccc1P(c1ccccc1)c1ccccc1N. The summed E-state index contributed by atoms with van der Waals surface area (Å²) in [5.74, 6) is 0. The second-order valence-corrected chi connectivity index (χ2v) is 6.94. The van der Waals surface area contributed by atoms with Crippen molar-refractivity contribution < 1.29 is 0 Å². The Balaban J connectivity index is 2.22. The number of hydrogen-bond donors (Lipinski definition) is 2. The number of hydrogen-bond acceptors (Lipinski definition) is 2. The molecule has 0 aliphatic carbocycles. The fraction of sp³-hybridized carbons (Fsp3) is 0. The molecule has 0 fully saturated rings. The van der Waals surface area contributed by atoms with E-state index in [1.165, 1.54) is 5.30 Å². The van der Waals surface area contributed by atoms with E-state index in [-0.39, 0.29) is 0 Å². The number of benzene rings is 3. The van der Waals surface area contributed by atoms with E-state index in [4.69, 9.17) is 11.5 Å². The van der Waals surface area contributed by atoms with E-state index in [0.29, 0.717) is 0 Å². The maximum Gasteiger partial charge on any atom is 0.0398 e. The lowest BCUT2D eigenvalue weighted by Gasteiger charge is -2.22. The van der Waals surface area contributed by atoms with Gasteiger partial charge in [0.05, 0.1) is 0 Å². The molecule has 3 aromatic rings. The third kappa shape index (κ3) is 2.76. The van der Waals surface area contributed by atoms with Gasteiger partial charge in [0.25, 0.3) is 0 Å². The Labute approximate surface area is 126 Å². The van der Waals surface area contributed by atoms with Crippen molar-refractivity contribution >= 4 is 35.2 Å². The van der Waals surface area contributed by atoms with Gasteiger partial charge in [0.1, 0.15) is 0 Å². The summed E-state index contributed by atoms with van der Waals surface area (Å²) in [5.41, 5.74) is 14.1. The quantitative estimate of drug-likeness (QED) is 0.576. The molecule has 0 amide bonds. The standard InChI is InChI=1S/C18H17N2P/c19-15-10-4-6-12-17(15)21(14-8-2-1-3-9-14)18-13-7-5-11-16(18)20/h1-13H,19-20H2. The summed E-state index contributed by atoms with van der Waals surface area (Å²) < 4.78 is 0. The molecule has 0 bridgehead atoms. The maximum atomic E-state index is 6.22. The van der Waals surface area contributed by atoms with Gasteiger partial charge in [-0.2, -0.15) is 0 Å². The lowest BCUT2D eigenvalue weighted by Crippen LogP contribution is -2.24. The molecule has 104 valence electrons. The molecule has 0 spiro atoms. The van der Waals surface area contributed by atoms with Crippen LogP contribution in [0.15, 0.2) is 78.9 Å². The Bertz CT molecular complexity index is 695. The van der Waals surface area contributed by atoms with Crippen LogP contribution in [0.1, 0.15) is 0 Å². The fourth-order valence-electron chi connectivity index (χ4n) is 2.37. The maximum absolute atomic E-state index is 6.22. The molecule has 3 rings (SSSR count). The summed E-state index contributed by atoms with van der Waals surface area (Å²) in [5, 5.41) is 3.55. The van der Waals surface area contributed by atoms with Crippen molar-refractivity contribution in [3.05, 3.63) is 78.9 Å². The van der Waals surface area contributed by atoms with E-state index in [1.807, 2.05) is 42.5 Å². The molecule has 2 nitrogen and oxygen atoms in total. The van der Waals surface area contributed by atoms with E-state index in [9.17, 15) is 0 Å². The average molecular weight is 292 g/mol. The third-order valence-electron chi connectivity index (χ3n) is 3.37. The van der Waals surface area contributed by atoms with Gasteiger partial charge in [-0.05, 0) is 25.4 Å². The summed E-state index contributed by atoms with van der Waals surface area (Å²) >= 11 is 0. The molecule has 0 heterocycles. The molecular formula is C18H17N2P. The van der Waals surface area contributed by atoms with Gasteiger partial charge >= 0.3 is 0 Å². The first-order valence-electron chi connectivity index (χ1n) is 6.81. The normalized spacial score (nSPS) is 10.7. The van der Waals surface area contributed by atoms with Crippen LogP contribution < -0.4 is 27.4 Å². The Morgan fingerprint density at radius 2 is 0.952 bits per heavy atom. The van der Waals surface area contributed by atoms with Crippen LogP contribution in [-0.4, -0.2) is 0 Å². The van der Waals surface area contributed by atoms with Gasteiger partial charge in [-0.3, -0.25) is 0 Å². The second kappa shape index (κ2) is 5.99. The van der Waals surface area contributed by atoms with E-state index in [1.54, 1.807) is 0 Å². The number of para-hydroxylation sites is 2. The van der Waals surface area contributed by atoms with Gasteiger partial charge in [-0.15, -0.1) is 0 Å². The van der Waals surface area contributed by atoms with Crippen molar-refractivity contribution in [2.45, 2.75) is 0 Å². The van der Waals surface area contributed by atoms with Crippen molar-refractivity contribution in [3.63, 3.8) is 0 Å². The van der Waals surface area contributed by atoms with Gasteiger partial charge in [0.15, 0.2) is 0 Å². The average Bonchev–Trinajstić information content (AvgIpc) is 2.52. The van der Waals surface area contributed by atoms with Crippen LogP contribution >= 0.6 is 7.92 Å². The molecule has 0 saturated heterocycles. The van der Waals surface area contributed by atoms with Gasteiger partial charge in [-0.1, -0.05) is 66.7 Å². The molecule has 4 N–H and O–H groups in total. The highest BCUT2D eigenvalue weighted by molar-refractivity contribution is 7.80. The molecule has 0 radical (unpaired) electrons. The Morgan fingerprint density at radius 3 is 1.43 bits per heavy atom. The van der Waals surface area contributed by atoms with E-state index >= 15 is 0 Å². The van der Waals surface area contributed by atoms with Crippen LogP contribution in [0.3, 0.4) is 0 Å². The number of nitrogens with two attached hydrogens (primary N) is 2. The van der Waals surface area contributed by atoms with Crippen molar-refractivity contribution in [2.24, 2.45) is 0 Å². The summed E-state index contributed by atoms with van der Waals surface area (Å²) in [6, 6.07) is 26.5. The lowest BCUT2D eigenvalue weighted by molar-refractivity contribution is 1.71. The van der Waals surface area contributed by atoms with Gasteiger partial charge in [0.2, 0.25) is 0 Å². The number of rotatable bonds is 3. The second-order valence-electron chi connectivity index (χ2n) is 4.79. The first-order chi connectivity index (χ1) is 10.3. The van der Waals surface area contributed by atoms with Crippen molar-refractivity contribution in [1.82, 2.24) is 0 Å². The lowest BCUT2D eigenvalue weighted by atomic mass is 10.3. The number of nitrogen functional groups attached to an aromatic ring is 2. The topological polar surface area (TPSA) is 52.0 Å². The monoisotopic (exact) mass is 292 g/mol. The molecule has 0 aliphatic heterocycles.